The van der Waals surface area contributed by atoms with Crippen LogP contribution in [0.1, 0.15) is 123 Å². The Labute approximate surface area is 257 Å². The summed E-state index contributed by atoms with van der Waals surface area (Å²) in [6.07, 6.45) is 24.8. The lowest BCUT2D eigenvalue weighted by Gasteiger charge is -2.19. The van der Waals surface area contributed by atoms with Gasteiger partial charge in [0, 0.05) is 18.6 Å². The number of aromatic nitrogens is 1. The van der Waals surface area contributed by atoms with Gasteiger partial charge in [0.15, 0.2) is 12.4 Å². The molecule has 1 heterocycles. The Morgan fingerprint density at radius 2 is 1.10 bits per heavy atom. The molecule has 3 heteroatoms. The van der Waals surface area contributed by atoms with Gasteiger partial charge in [0.2, 0.25) is 0 Å². The maximum Gasteiger partial charge on any atom is 0.169 e. The molecule has 230 valence electrons. The number of benzene rings is 2. The minimum atomic E-state index is 0.296. The van der Waals surface area contributed by atoms with Crippen molar-refractivity contribution in [1.82, 2.24) is 0 Å². The van der Waals surface area contributed by atoms with Crippen LogP contribution in [-0.2, 0) is 13.0 Å². The smallest absolute Gasteiger partial charge is 0.169 e. The summed E-state index contributed by atoms with van der Waals surface area (Å²) in [5.74, 6) is 1.95. The standard InChI is InChI=1S/C39H58NO2/c1-4-7-9-10-11-12-13-17-33-41-37-24-20-35(21-25-37)36-22-26-39(27-23-36)42-38(18-8-5-2)19-15-14-16-30-40-31-28-34(6-3)29-32-40/h20-29,31-32,38H,4-19,30,33H2,1-3H3/q+1. The van der Waals surface area contributed by atoms with E-state index >= 15 is 0 Å². The van der Waals surface area contributed by atoms with E-state index in [1.54, 1.807) is 0 Å². The number of unbranched alkanes of at least 4 members (excludes halogenated alkanes) is 10. The van der Waals surface area contributed by atoms with Gasteiger partial charge in [0.05, 0.1) is 12.7 Å². The molecule has 1 atom stereocenters. The summed E-state index contributed by atoms with van der Waals surface area (Å²) in [6.45, 7) is 8.65. The van der Waals surface area contributed by atoms with Gasteiger partial charge in [-0.05, 0) is 79.5 Å². The lowest BCUT2D eigenvalue weighted by Crippen LogP contribution is -2.32. The molecule has 0 saturated heterocycles. The lowest BCUT2D eigenvalue weighted by atomic mass is 10.0. The molecule has 2 aromatic carbocycles. The van der Waals surface area contributed by atoms with Crippen LogP contribution in [0.3, 0.4) is 0 Å². The Kier molecular flexibility index (Phi) is 16.8. The van der Waals surface area contributed by atoms with Gasteiger partial charge >= 0.3 is 0 Å². The quantitative estimate of drug-likeness (QED) is 0.0833. The van der Waals surface area contributed by atoms with Crippen molar-refractivity contribution < 1.29 is 14.0 Å². The van der Waals surface area contributed by atoms with E-state index in [1.807, 2.05) is 0 Å². The van der Waals surface area contributed by atoms with Crippen LogP contribution in [0.25, 0.3) is 11.1 Å². The highest BCUT2D eigenvalue weighted by Crippen LogP contribution is 2.26. The molecule has 0 radical (unpaired) electrons. The van der Waals surface area contributed by atoms with Crippen molar-refractivity contribution in [3.63, 3.8) is 0 Å². The van der Waals surface area contributed by atoms with E-state index in [0.29, 0.717) is 6.10 Å². The first-order valence-electron chi connectivity index (χ1n) is 17.2. The van der Waals surface area contributed by atoms with Gasteiger partial charge in [-0.15, -0.1) is 0 Å². The SMILES string of the molecule is CCCCCCCCCCOc1ccc(-c2ccc(OC(CCCC)CCCCC[n+]3ccc(CC)cc3)cc2)cc1. The van der Waals surface area contributed by atoms with Crippen LogP contribution >= 0.6 is 0 Å². The maximum atomic E-state index is 6.49. The number of pyridine rings is 1. The molecule has 0 N–H and O–H groups in total. The van der Waals surface area contributed by atoms with Gasteiger partial charge in [0.25, 0.3) is 0 Å². The van der Waals surface area contributed by atoms with Crippen LogP contribution in [0.15, 0.2) is 73.1 Å². The van der Waals surface area contributed by atoms with Crippen LogP contribution in [0.2, 0.25) is 0 Å². The van der Waals surface area contributed by atoms with Crippen LogP contribution in [0, 0.1) is 0 Å². The third-order valence-corrected chi connectivity index (χ3v) is 8.30. The third-order valence-electron chi connectivity index (χ3n) is 8.30. The summed E-state index contributed by atoms with van der Waals surface area (Å²) >= 11 is 0. The Morgan fingerprint density at radius 1 is 0.548 bits per heavy atom. The topological polar surface area (TPSA) is 22.3 Å². The predicted octanol–water partition coefficient (Wildman–Crippen LogP) is 10.9. The fourth-order valence-electron chi connectivity index (χ4n) is 5.50. The molecule has 0 fully saturated rings. The zero-order valence-corrected chi connectivity index (χ0v) is 27.0. The molecular weight excluding hydrogens is 514 g/mol. The monoisotopic (exact) mass is 572 g/mol. The molecule has 3 aromatic rings. The zero-order chi connectivity index (χ0) is 29.7. The zero-order valence-electron chi connectivity index (χ0n) is 27.0. The molecule has 0 aliphatic carbocycles. The number of nitrogens with zero attached hydrogens (tertiary/aromatic N) is 1. The van der Waals surface area contributed by atoms with E-state index in [2.05, 4.69) is 98.4 Å². The maximum absolute atomic E-state index is 6.49. The number of rotatable bonds is 23. The highest BCUT2D eigenvalue weighted by Gasteiger charge is 2.11. The van der Waals surface area contributed by atoms with Crippen LogP contribution in [-0.4, -0.2) is 12.7 Å². The van der Waals surface area contributed by atoms with Crippen molar-refractivity contribution in [2.45, 2.75) is 136 Å². The first-order valence-corrected chi connectivity index (χ1v) is 17.2. The molecular formula is C39H58NO2+. The average molecular weight is 573 g/mol. The Bertz CT molecular complexity index is 1060. The van der Waals surface area contributed by atoms with E-state index in [-0.39, 0.29) is 0 Å². The second-order valence-corrected chi connectivity index (χ2v) is 11.9. The number of ether oxygens (including phenoxy) is 2. The van der Waals surface area contributed by atoms with Gasteiger partial charge in [-0.25, -0.2) is 4.57 Å². The van der Waals surface area contributed by atoms with Crippen LogP contribution in [0.4, 0.5) is 0 Å². The summed E-state index contributed by atoms with van der Waals surface area (Å²) < 4.78 is 14.8. The highest BCUT2D eigenvalue weighted by molar-refractivity contribution is 5.64. The largest absolute Gasteiger partial charge is 0.494 e. The normalized spacial score (nSPS) is 11.9. The van der Waals surface area contributed by atoms with E-state index in [9.17, 15) is 0 Å². The van der Waals surface area contributed by atoms with Crippen molar-refractivity contribution in [2.24, 2.45) is 0 Å². The first-order chi connectivity index (χ1) is 20.7. The minimum Gasteiger partial charge on any atom is -0.494 e. The molecule has 1 unspecified atom stereocenters. The third kappa shape index (κ3) is 13.4. The van der Waals surface area contributed by atoms with Crippen molar-refractivity contribution in [2.75, 3.05) is 6.61 Å². The summed E-state index contributed by atoms with van der Waals surface area (Å²) in [7, 11) is 0. The number of aryl methyl sites for hydroxylation is 2. The van der Waals surface area contributed by atoms with E-state index in [4.69, 9.17) is 9.47 Å². The first kappa shape index (κ1) is 33.7. The van der Waals surface area contributed by atoms with Gasteiger partial charge in [-0.3, -0.25) is 0 Å². The summed E-state index contributed by atoms with van der Waals surface area (Å²) in [5.41, 5.74) is 3.83. The van der Waals surface area contributed by atoms with Crippen molar-refractivity contribution in [3.05, 3.63) is 78.6 Å². The number of hydrogen-bond acceptors (Lipinski definition) is 2. The minimum absolute atomic E-state index is 0.296. The lowest BCUT2D eigenvalue weighted by molar-refractivity contribution is -0.697. The molecule has 0 saturated carbocycles. The second-order valence-electron chi connectivity index (χ2n) is 11.9. The van der Waals surface area contributed by atoms with E-state index in [0.717, 1.165) is 50.3 Å². The van der Waals surface area contributed by atoms with Gasteiger partial charge in [-0.1, -0.05) is 103 Å². The molecule has 3 rings (SSSR count). The van der Waals surface area contributed by atoms with Gasteiger partial charge in [0.1, 0.15) is 18.0 Å². The average Bonchev–Trinajstić information content (AvgIpc) is 3.03. The molecule has 42 heavy (non-hydrogen) atoms. The van der Waals surface area contributed by atoms with Crippen molar-refractivity contribution in [1.29, 1.82) is 0 Å². The van der Waals surface area contributed by atoms with Crippen molar-refractivity contribution >= 4 is 0 Å². The summed E-state index contributed by atoms with van der Waals surface area (Å²) in [5, 5.41) is 0. The molecule has 0 aliphatic heterocycles. The molecule has 3 nitrogen and oxygen atoms in total. The second kappa shape index (κ2) is 21.0. The predicted molar refractivity (Wildman–Crippen MR) is 178 cm³/mol. The van der Waals surface area contributed by atoms with Crippen LogP contribution in [0.5, 0.6) is 11.5 Å². The fourth-order valence-corrected chi connectivity index (χ4v) is 5.50. The summed E-state index contributed by atoms with van der Waals surface area (Å²) in [4.78, 5) is 0. The van der Waals surface area contributed by atoms with E-state index < -0.39 is 0 Å². The molecule has 1 aromatic heterocycles. The number of hydrogen-bond donors (Lipinski definition) is 0. The Morgan fingerprint density at radius 3 is 1.71 bits per heavy atom. The Balaban J connectivity index is 1.37. The molecule has 0 bridgehead atoms. The Hall–Kier alpha value is -2.81. The van der Waals surface area contributed by atoms with E-state index in [1.165, 1.54) is 93.7 Å². The molecule has 0 spiro atoms. The summed E-state index contributed by atoms with van der Waals surface area (Å²) in [6, 6.07) is 21.7. The highest BCUT2D eigenvalue weighted by atomic mass is 16.5. The molecule has 0 aliphatic rings. The van der Waals surface area contributed by atoms with Gasteiger partial charge < -0.3 is 9.47 Å². The molecule has 0 amide bonds. The fraction of sp³-hybridized carbons (Fsp3) is 0.564. The van der Waals surface area contributed by atoms with Crippen LogP contribution < -0.4 is 14.0 Å². The van der Waals surface area contributed by atoms with Crippen molar-refractivity contribution in [3.8, 4) is 22.6 Å². The van der Waals surface area contributed by atoms with Gasteiger partial charge in [-0.2, -0.15) is 0 Å².